The van der Waals surface area contributed by atoms with Gasteiger partial charge in [-0.15, -0.1) is 0 Å². The molecule has 0 unspecified atom stereocenters. The molecule has 194 valence electrons. The summed E-state index contributed by atoms with van der Waals surface area (Å²) in [6.07, 6.45) is 4.39. The van der Waals surface area contributed by atoms with E-state index in [2.05, 4.69) is 46.6 Å². The summed E-state index contributed by atoms with van der Waals surface area (Å²) in [5.41, 5.74) is 1.17. The number of carbonyl (C=O) groups is 1. The number of rotatable bonds is 9. The Labute approximate surface area is 217 Å². The smallest absolute Gasteiger partial charge is 0.317 e. The molecule has 5 aromatic rings. The number of aromatic nitrogens is 5. The molecule has 0 saturated heterocycles. The van der Waals surface area contributed by atoms with Crippen LogP contribution in [0.25, 0.3) is 22.1 Å². The molecule has 0 spiro atoms. The maximum atomic E-state index is 15.8. The lowest BCUT2D eigenvalue weighted by Crippen LogP contribution is -2.20. The van der Waals surface area contributed by atoms with Gasteiger partial charge in [0.25, 0.3) is 0 Å². The fourth-order valence-corrected chi connectivity index (χ4v) is 4.15. The Kier molecular flexibility index (Phi) is 6.60. The van der Waals surface area contributed by atoms with E-state index in [0.717, 1.165) is 30.1 Å². The second-order valence-electron chi connectivity index (χ2n) is 9.06. The van der Waals surface area contributed by atoms with E-state index >= 15 is 8.78 Å². The number of amides is 1. The Morgan fingerprint density at radius 1 is 1.16 bits per heavy atom. The molecule has 0 aliphatic heterocycles. The van der Waals surface area contributed by atoms with E-state index in [0.29, 0.717) is 5.69 Å². The van der Waals surface area contributed by atoms with Gasteiger partial charge in [0.2, 0.25) is 11.9 Å². The molecule has 0 aliphatic carbocycles. The lowest BCUT2D eigenvalue weighted by molar-refractivity contribution is -0.111. The fraction of sp³-hybridized carbons (Fsp3) is 0.185. The molecular formula is C27H26F2N8O. The number of hydrogen-bond donors (Lipinski definition) is 3. The van der Waals surface area contributed by atoms with Crippen LogP contribution in [-0.4, -0.2) is 56.0 Å². The van der Waals surface area contributed by atoms with E-state index in [9.17, 15) is 4.79 Å². The first-order chi connectivity index (χ1) is 18.2. The molecule has 1 amide bonds. The van der Waals surface area contributed by atoms with E-state index in [1.807, 2.05) is 44.6 Å². The molecule has 2 aromatic carbocycles. The number of fused-ring (bicyclic) bond motifs is 2. The Bertz CT molecular complexity index is 1640. The van der Waals surface area contributed by atoms with Gasteiger partial charge in [-0.05, 0) is 56.6 Å². The van der Waals surface area contributed by atoms with Gasteiger partial charge in [0.1, 0.15) is 11.2 Å². The molecule has 0 fully saturated rings. The quantitative estimate of drug-likeness (QED) is 0.241. The van der Waals surface area contributed by atoms with Crippen molar-refractivity contribution in [3.05, 3.63) is 85.0 Å². The van der Waals surface area contributed by atoms with Gasteiger partial charge >= 0.3 is 5.92 Å². The van der Waals surface area contributed by atoms with Crippen LogP contribution in [0.4, 0.5) is 26.1 Å². The van der Waals surface area contributed by atoms with Gasteiger partial charge in [0.15, 0.2) is 5.65 Å². The number of imidazole rings is 1. The van der Waals surface area contributed by atoms with Crippen molar-refractivity contribution in [1.29, 1.82) is 0 Å². The van der Waals surface area contributed by atoms with E-state index < -0.39 is 17.5 Å². The maximum Gasteiger partial charge on any atom is 0.317 e. The van der Waals surface area contributed by atoms with E-state index in [4.69, 9.17) is 0 Å². The van der Waals surface area contributed by atoms with E-state index in [-0.39, 0.29) is 28.4 Å². The monoisotopic (exact) mass is 516 g/mol. The summed E-state index contributed by atoms with van der Waals surface area (Å²) < 4.78 is 33.9. The predicted octanol–water partition coefficient (Wildman–Crippen LogP) is 4.88. The number of nitrogens with one attached hydrogen (secondary N) is 3. The van der Waals surface area contributed by atoms with Crippen molar-refractivity contribution in [2.24, 2.45) is 0 Å². The zero-order valence-electron chi connectivity index (χ0n) is 20.9. The van der Waals surface area contributed by atoms with Gasteiger partial charge in [-0.25, -0.2) is 9.97 Å². The van der Waals surface area contributed by atoms with Crippen LogP contribution in [0.2, 0.25) is 0 Å². The van der Waals surface area contributed by atoms with Crippen LogP contribution in [0.5, 0.6) is 0 Å². The number of likely N-dealkylation sites (N-methyl/N-ethyl adjacent to an activating group) is 1. The Hall–Kier alpha value is -4.64. The number of aromatic amines is 1. The van der Waals surface area contributed by atoms with Gasteiger partial charge < -0.3 is 25.1 Å². The van der Waals surface area contributed by atoms with Crippen molar-refractivity contribution >= 4 is 45.3 Å². The summed E-state index contributed by atoms with van der Waals surface area (Å²) in [4.78, 5) is 29.1. The summed E-state index contributed by atoms with van der Waals surface area (Å²) >= 11 is 0. The third-order valence-electron chi connectivity index (χ3n) is 6.08. The van der Waals surface area contributed by atoms with Crippen LogP contribution in [0.15, 0.2) is 73.7 Å². The van der Waals surface area contributed by atoms with Crippen LogP contribution < -0.4 is 10.6 Å². The third-order valence-corrected chi connectivity index (χ3v) is 6.08. The van der Waals surface area contributed by atoms with E-state index in [1.165, 1.54) is 30.6 Å². The molecule has 0 atom stereocenters. The summed E-state index contributed by atoms with van der Waals surface area (Å²) in [5.74, 6) is -4.03. The van der Waals surface area contributed by atoms with Crippen LogP contribution in [0, 0.1) is 0 Å². The minimum atomic E-state index is -3.52. The number of carbonyl (C=O) groups excluding carboxylic acids is 1. The highest BCUT2D eigenvalue weighted by atomic mass is 19.3. The average molecular weight is 517 g/mol. The number of benzene rings is 2. The van der Waals surface area contributed by atoms with Crippen molar-refractivity contribution < 1.29 is 13.6 Å². The van der Waals surface area contributed by atoms with Gasteiger partial charge in [-0.2, -0.15) is 13.8 Å². The second-order valence-corrected chi connectivity index (χ2v) is 9.06. The fourth-order valence-electron chi connectivity index (χ4n) is 4.15. The van der Waals surface area contributed by atoms with Crippen LogP contribution in [0.3, 0.4) is 0 Å². The minimum Gasteiger partial charge on any atom is -0.346 e. The van der Waals surface area contributed by atoms with Crippen LogP contribution >= 0.6 is 0 Å². The van der Waals surface area contributed by atoms with Crippen LogP contribution in [-0.2, 0) is 17.3 Å². The SMILES string of the molecule is C=CC(=O)Nc1cccc(C(F)(F)c2nc(Nc3ccc4c(ccn4CCN(C)C)c3)nc3nc[nH]c23)c1. The molecule has 3 N–H and O–H groups in total. The number of halogens is 2. The third kappa shape index (κ3) is 4.96. The molecule has 38 heavy (non-hydrogen) atoms. The Balaban J connectivity index is 1.48. The van der Waals surface area contributed by atoms with Gasteiger partial charge in [-0.1, -0.05) is 18.7 Å². The molecular weight excluding hydrogens is 490 g/mol. The normalized spacial score (nSPS) is 11.8. The Morgan fingerprint density at radius 2 is 2.00 bits per heavy atom. The number of anilines is 3. The standard InChI is InChI=1S/C27H26F2N8O/c1-4-22(38)32-19-7-5-6-18(15-19)27(28,29)24-23-25(31-16-30-23)35-26(34-24)33-20-8-9-21-17(14-20)10-11-37(21)13-12-36(2)3/h4-11,14-16H,1,12-13H2,2-3H3,(H,32,38)(H2,30,31,33,34,35). The average Bonchev–Trinajstić information content (AvgIpc) is 3.53. The number of H-pyrrole nitrogens is 1. The summed E-state index contributed by atoms with van der Waals surface area (Å²) in [7, 11) is 4.05. The minimum absolute atomic E-state index is 0.0122. The molecule has 0 bridgehead atoms. The van der Waals surface area contributed by atoms with Crippen molar-refractivity contribution in [2.45, 2.75) is 12.5 Å². The predicted molar refractivity (Wildman–Crippen MR) is 144 cm³/mol. The van der Waals surface area contributed by atoms with Crippen molar-refractivity contribution in [3.63, 3.8) is 0 Å². The molecule has 0 aliphatic rings. The highest BCUT2D eigenvalue weighted by molar-refractivity contribution is 5.98. The van der Waals surface area contributed by atoms with E-state index in [1.54, 1.807) is 0 Å². The highest BCUT2D eigenvalue weighted by Gasteiger charge is 2.39. The summed E-state index contributed by atoms with van der Waals surface area (Å²) in [6.45, 7) is 5.13. The first-order valence-corrected chi connectivity index (χ1v) is 11.9. The molecule has 0 radical (unpaired) electrons. The van der Waals surface area contributed by atoms with Crippen LogP contribution in [0.1, 0.15) is 11.3 Å². The molecule has 3 aromatic heterocycles. The van der Waals surface area contributed by atoms with Gasteiger partial charge in [0.05, 0.1) is 6.33 Å². The number of nitrogens with zero attached hydrogens (tertiary/aromatic N) is 5. The number of hydrogen-bond acceptors (Lipinski definition) is 6. The summed E-state index contributed by atoms with van der Waals surface area (Å²) in [6, 6.07) is 13.2. The molecule has 5 rings (SSSR count). The first-order valence-electron chi connectivity index (χ1n) is 11.9. The highest BCUT2D eigenvalue weighted by Crippen LogP contribution is 2.39. The van der Waals surface area contributed by atoms with Crippen molar-refractivity contribution in [2.75, 3.05) is 31.3 Å². The molecule has 0 saturated carbocycles. The zero-order chi connectivity index (χ0) is 26.9. The molecule has 9 nitrogen and oxygen atoms in total. The lowest BCUT2D eigenvalue weighted by Gasteiger charge is -2.18. The second kappa shape index (κ2) is 10.0. The zero-order valence-corrected chi connectivity index (χ0v) is 20.9. The van der Waals surface area contributed by atoms with Gasteiger partial charge in [0, 0.05) is 47.1 Å². The Morgan fingerprint density at radius 3 is 2.79 bits per heavy atom. The summed E-state index contributed by atoms with van der Waals surface area (Å²) in [5, 5.41) is 6.55. The largest absolute Gasteiger partial charge is 0.346 e. The molecule has 11 heteroatoms. The van der Waals surface area contributed by atoms with Crippen molar-refractivity contribution in [3.8, 4) is 0 Å². The molecule has 3 heterocycles. The van der Waals surface area contributed by atoms with Gasteiger partial charge in [-0.3, -0.25) is 4.79 Å². The number of alkyl halides is 2. The lowest BCUT2D eigenvalue weighted by atomic mass is 10.0. The topological polar surface area (TPSA) is 104 Å². The first kappa shape index (κ1) is 25.0. The van der Waals surface area contributed by atoms with Crippen molar-refractivity contribution in [1.82, 2.24) is 29.4 Å². The maximum absolute atomic E-state index is 15.8.